The Morgan fingerprint density at radius 3 is 2.94 bits per heavy atom. The summed E-state index contributed by atoms with van der Waals surface area (Å²) in [6.07, 6.45) is 7.05. The summed E-state index contributed by atoms with van der Waals surface area (Å²) in [5, 5.41) is 0. The van der Waals surface area contributed by atoms with Gasteiger partial charge in [-0.25, -0.2) is 4.98 Å². The molecule has 0 saturated carbocycles. The molecule has 1 atom stereocenters. The Balaban J connectivity index is 2.24. The Morgan fingerprint density at radius 2 is 2.29 bits per heavy atom. The van der Waals surface area contributed by atoms with Gasteiger partial charge < -0.3 is 15.0 Å². The first kappa shape index (κ1) is 11.6. The van der Waals surface area contributed by atoms with E-state index in [1.54, 1.807) is 18.7 Å². The maximum absolute atomic E-state index is 6.12. The molecule has 0 saturated heterocycles. The Kier molecular flexibility index (Phi) is 3.39. The summed E-state index contributed by atoms with van der Waals surface area (Å²) in [4.78, 5) is 8.35. The number of aryl methyl sites for hydroxylation is 1. The molecule has 90 valence electrons. The van der Waals surface area contributed by atoms with Gasteiger partial charge >= 0.3 is 0 Å². The van der Waals surface area contributed by atoms with Gasteiger partial charge in [0.25, 0.3) is 0 Å². The number of ether oxygens (including phenoxy) is 1. The molecule has 2 N–H and O–H groups in total. The summed E-state index contributed by atoms with van der Waals surface area (Å²) in [7, 11) is 1.91. The monoisotopic (exact) mass is 232 g/mol. The molecule has 0 aliphatic carbocycles. The van der Waals surface area contributed by atoms with E-state index in [-0.39, 0.29) is 6.04 Å². The Bertz CT molecular complexity index is 495. The first-order chi connectivity index (χ1) is 8.20. The van der Waals surface area contributed by atoms with Gasteiger partial charge in [-0.1, -0.05) is 0 Å². The molecular formula is C12H16N4O. The van der Waals surface area contributed by atoms with E-state index >= 15 is 0 Å². The molecule has 0 amide bonds. The molecule has 2 rings (SSSR count). The minimum atomic E-state index is -0.274. The van der Waals surface area contributed by atoms with Crippen LogP contribution in [0.2, 0.25) is 0 Å². The van der Waals surface area contributed by atoms with Crippen LogP contribution in [0.1, 0.15) is 24.2 Å². The van der Waals surface area contributed by atoms with Gasteiger partial charge in [-0.3, -0.25) is 4.98 Å². The van der Waals surface area contributed by atoms with Crippen LogP contribution in [-0.4, -0.2) is 21.1 Å². The smallest absolute Gasteiger partial charge is 0.137 e. The number of pyridine rings is 1. The van der Waals surface area contributed by atoms with Crippen molar-refractivity contribution in [3.63, 3.8) is 0 Å². The second-order valence-corrected chi connectivity index (χ2v) is 3.83. The van der Waals surface area contributed by atoms with Crippen molar-refractivity contribution in [2.24, 2.45) is 12.8 Å². The number of hydrogen-bond acceptors (Lipinski definition) is 4. The second-order valence-electron chi connectivity index (χ2n) is 3.83. The fraction of sp³-hybridized carbons (Fsp3) is 0.333. The maximum Gasteiger partial charge on any atom is 0.137 e. The molecule has 2 aromatic heterocycles. The van der Waals surface area contributed by atoms with Gasteiger partial charge in [0.1, 0.15) is 5.75 Å². The summed E-state index contributed by atoms with van der Waals surface area (Å²) < 4.78 is 7.26. The predicted octanol–water partition coefficient (Wildman–Crippen LogP) is 1.26. The first-order valence-electron chi connectivity index (χ1n) is 5.52. The zero-order chi connectivity index (χ0) is 12.3. The lowest BCUT2D eigenvalue weighted by atomic mass is 10.1. The Morgan fingerprint density at radius 1 is 1.47 bits per heavy atom. The molecule has 0 spiro atoms. The second kappa shape index (κ2) is 4.97. The first-order valence-corrected chi connectivity index (χ1v) is 5.52. The average molecular weight is 232 g/mol. The van der Waals surface area contributed by atoms with Gasteiger partial charge in [-0.2, -0.15) is 0 Å². The third-order valence-corrected chi connectivity index (χ3v) is 2.45. The van der Waals surface area contributed by atoms with Crippen LogP contribution in [0.5, 0.6) is 5.75 Å². The summed E-state index contributed by atoms with van der Waals surface area (Å²) in [6.45, 7) is 2.55. The highest BCUT2D eigenvalue weighted by Gasteiger charge is 2.12. The van der Waals surface area contributed by atoms with Crippen LogP contribution in [0.3, 0.4) is 0 Å². The van der Waals surface area contributed by atoms with E-state index in [1.807, 2.05) is 30.8 Å². The Labute approximate surface area is 100 Å². The summed E-state index contributed by atoms with van der Waals surface area (Å²) in [6, 6.07) is 1.62. The number of nitrogens with two attached hydrogens (primary N) is 1. The van der Waals surface area contributed by atoms with Crippen molar-refractivity contribution >= 4 is 0 Å². The van der Waals surface area contributed by atoms with Gasteiger partial charge in [0, 0.05) is 19.4 Å². The number of nitrogens with zero attached hydrogens (tertiary/aromatic N) is 3. The van der Waals surface area contributed by atoms with Crippen molar-refractivity contribution in [3.05, 3.63) is 42.2 Å². The minimum absolute atomic E-state index is 0.274. The fourth-order valence-electron chi connectivity index (χ4n) is 1.62. The number of imidazole rings is 1. The lowest BCUT2D eigenvalue weighted by Crippen LogP contribution is -2.12. The molecule has 2 aromatic rings. The van der Waals surface area contributed by atoms with Crippen LogP contribution in [0.25, 0.3) is 0 Å². The summed E-state index contributed by atoms with van der Waals surface area (Å²) >= 11 is 0. The Hall–Kier alpha value is -1.88. The van der Waals surface area contributed by atoms with Crippen molar-refractivity contribution in [2.45, 2.75) is 13.0 Å². The van der Waals surface area contributed by atoms with Gasteiger partial charge in [0.15, 0.2) is 0 Å². The van der Waals surface area contributed by atoms with Crippen LogP contribution in [0.4, 0.5) is 0 Å². The standard InChI is InChI=1S/C12H16N4O/c1-3-17-10-4-9(5-14-6-10)12(13)11-7-16(2)8-15-11/h4-8,12H,3,13H2,1-2H3. The van der Waals surface area contributed by atoms with E-state index in [4.69, 9.17) is 10.5 Å². The third-order valence-electron chi connectivity index (χ3n) is 2.45. The van der Waals surface area contributed by atoms with Crippen molar-refractivity contribution in [1.82, 2.24) is 14.5 Å². The van der Waals surface area contributed by atoms with Gasteiger partial charge in [0.05, 0.1) is 30.9 Å². The highest BCUT2D eigenvalue weighted by Crippen LogP contribution is 2.20. The molecule has 0 aromatic carbocycles. The molecule has 17 heavy (non-hydrogen) atoms. The van der Waals surface area contributed by atoms with E-state index in [9.17, 15) is 0 Å². The number of rotatable bonds is 4. The molecule has 0 radical (unpaired) electrons. The van der Waals surface area contributed by atoms with Crippen LogP contribution in [0, 0.1) is 0 Å². The van der Waals surface area contributed by atoms with E-state index in [2.05, 4.69) is 9.97 Å². The minimum Gasteiger partial charge on any atom is -0.492 e. The lowest BCUT2D eigenvalue weighted by Gasteiger charge is -2.10. The average Bonchev–Trinajstić information content (AvgIpc) is 2.76. The highest BCUT2D eigenvalue weighted by atomic mass is 16.5. The highest BCUT2D eigenvalue weighted by molar-refractivity contribution is 5.30. The molecule has 0 aliphatic heterocycles. The fourth-order valence-corrected chi connectivity index (χ4v) is 1.62. The van der Waals surface area contributed by atoms with Crippen LogP contribution in [-0.2, 0) is 7.05 Å². The lowest BCUT2D eigenvalue weighted by molar-refractivity contribution is 0.338. The van der Waals surface area contributed by atoms with E-state index < -0.39 is 0 Å². The van der Waals surface area contributed by atoms with Crippen molar-refractivity contribution < 1.29 is 4.74 Å². The van der Waals surface area contributed by atoms with E-state index in [0.717, 1.165) is 17.0 Å². The molecule has 0 aliphatic rings. The molecule has 1 unspecified atom stereocenters. The molecule has 5 nitrogen and oxygen atoms in total. The maximum atomic E-state index is 6.12. The van der Waals surface area contributed by atoms with Crippen molar-refractivity contribution in [2.75, 3.05) is 6.61 Å². The topological polar surface area (TPSA) is 66.0 Å². The summed E-state index contributed by atoms with van der Waals surface area (Å²) in [5.41, 5.74) is 7.84. The van der Waals surface area contributed by atoms with Crippen LogP contribution in [0.15, 0.2) is 31.0 Å². The van der Waals surface area contributed by atoms with Gasteiger partial charge in [-0.05, 0) is 18.6 Å². The summed E-state index contributed by atoms with van der Waals surface area (Å²) in [5.74, 6) is 0.733. The zero-order valence-corrected chi connectivity index (χ0v) is 10.00. The quantitative estimate of drug-likeness (QED) is 0.861. The molecular weight excluding hydrogens is 216 g/mol. The van der Waals surface area contributed by atoms with E-state index in [0.29, 0.717) is 6.61 Å². The predicted molar refractivity (Wildman–Crippen MR) is 64.6 cm³/mol. The molecule has 2 heterocycles. The third kappa shape index (κ3) is 2.62. The molecule has 0 bridgehead atoms. The van der Waals surface area contributed by atoms with Crippen LogP contribution < -0.4 is 10.5 Å². The SMILES string of the molecule is CCOc1cncc(C(N)c2cn(C)cn2)c1. The number of hydrogen-bond donors (Lipinski definition) is 1. The zero-order valence-electron chi connectivity index (χ0n) is 10.00. The largest absolute Gasteiger partial charge is 0.492 e. The van der Waals surface area contributed by atoms with Gasteiger partial charge in [0.2, 0.25) is 0 Å². The molecule has 5 heteroatoms. The molecule has 0 fully saturated rings. The van der Waals surface area contributed by atoms with Crippen molar-refractivity contribution in [3.8, 4) is 5.75 Å². The van der Waals surface area contributed by atoms with Crippen molar-refractivity contribution in [1.29, 1.82) is 0 Å². The van der Waals surface area contributed by atoms with E-state index in [1.165, 1.54) is 0 Å². The van der Waals surface area contributed by atoms with Gasteiger partial charge in [-0.15, -0.1) is 0 Å². The normalized spacial score (nSPS) is 12.4. The van der Waals surface area contributed by atoms with Crippen LogP contribution >= 0.6 is 0 Å². The number of aromatic nitrogens is 3.